The van der Waals surface area contributed by atoms with Crippen molar-refractivity contribution < 1.29 is 0 Å². The highest BCUT2D eigenvalue weighted by molar-refractivity contribution is 8.00. The highest BCUT2D eigenvalue weighted by Gasteiger charge is 2.33. The van der Waals surface area contributed by atoms with E-state index < -0.39 is 0 Å². The van der Waals surface area contributed by atoms with Gasteiger partial charge in [-0.15, -0.1) is 0 Å². The van der Waals surface area contributed by atoms with E-state index in [1.54, 1.807) is 0 Å². The number of hydrogen-bond acceptors (Lipinski definition) is 3. The lowest BCUT2D eigenvalue weighted by Crippen LogP contribution is -2.56. The van der Waals surface area contributed by atoms with Crippen molar-refractivity contribution in [3.63, 3.8) is 0 Å². The first kappa shape index (κ1) is 12.7. The van der Waals surface area contributed by atoms with Crippen molar-refractivity contribution in [2.75, 3.05) is 18.8 Å². The molecule has 2 nitrogen and oxygen atoms in total. The summed E-state index contributed by atoms with van der Waals surface area (Å²) in [7, 11) is 0. The molecule has 1 saturated carbocycles. The van der Waals surface area contributed by atoms with Crippen molar-refractivity contribution in [3.05, 3.63) is 0 Å². The third-order valence-electron chi connectivity index (χ3n) is 4.38. The van der Waals surface area contributed by atoms with Gasteiger partial charge in [-0.1, -0.05) is 26.2 Å². The van der Waals surface area contributed by atoms with Crippen LogP contribution in [0.25, 0.3) is 0 Å². The van der Waals surface area contributed by atoms with E-state index in [-0.39, 0.29) is 5.54 Å². The van der Waals surface area contributed by atoms with Gasteiger partial charge in [0.25, 0.3) is 0 Å². The minimum Gasteiger partial charge on any atom is -0.324 e. The van der Waals surface area contributed by atoms with Crippen LogP contribution in [-0.2, 0) is 0 Å². The predicted molar refractivity (Wildman–Crippen MR) is 73.0 cm³/mol. The molecular formula is C13H26N2S. The summed E-state index contributed by atoms with van der Waals surface area (Å²) >= 11 is 2.11. The fourth-order valence-electron chi connectivity index (χ4n) is 3.04. The summed E-state index contributed by atoms with van der Waals surface area (Å²) in [4.78, 5) is 2.63. The summed E-state index contributed by atoms with van der Waals surface area (Å²) in [5.41, 5.74) is 6.67. The van der Waals surface area contributed by atoms with Gasteiger partial charge in [0.05, 0.1) is 0 Å². The van der Waals surface area contributed by atoms with Crippen LogP contribution in [0.15, 0.2) is 0 Å². The van der Waals surface area contributed by atoms with Crippen LogP contribution in [0.1, 0.15) is 46.0 Å². The molecule has 0 amide bonds. The van der Waals surface area contributed by atoms with Crippen LogP contribution in [0, 0.1) is 0 Å². The zero-order valence-electron chi connectivity index (χ0n) is 10.7. The fraction of sp³-hybridized carbons (Fsp3) is 1.00. The van der Waals surface area contributed by atoms with Crippen LogP contribution in [0.3, 0.4) is 0 Å². The summed E-state index contributed by atoms with van der Waals surface area (Å²) in [5, 5.41) is 0.765. The summed E-state index contributed by atoms with van der Waals surface area (Å²) in [6.07, 6.45) is 6.53. The first-order valence-electron chi connectivity index (χ1n) is 6.75. The lowest BCUT2D eigenvalue weighted by molar-refractivity contribution is 0.139. The Morgan fingerprint density at radius 3 is 2.62 bits per heavy atom. The van der Waals surface area contributed by atoms with Crippen molar-refractivity contribution in [1.82, 2.24) is 4.90 Å². The quantitative estimate of drug-likeness (QED) is 0.806. The lowest BCUT2D eigenvalue weighted by atomic mass is 9.82. The molecule has 0 aromatic rings. The van der Waals surface area contributed by atoms with E-state index in [0.717, 1.165) is 11.8 Å². The standard InChI is InChI=1S/C13H26N2S/c1-11-12(2)16-9-8-15(11)10-13(14)6-4-3-5-7-13/h11-12H,3-10,14H2,1-2H3. The minimum atomic E-state index is 0.119. The van der Waals surface area contributed by atoms with Gasteiger partial charge in [-0.05, 0) is 19.8 Å². The number of nitrogens with zero attached hydrogens (tertiary/aromatic N) is 1. The van der Waals surface area contributed by atoms with Crippen LogP contribution in [0.2, 0.25) is 0 Å². The third-order valence-corrected chi connectivity index (χ3v) is 5.72. The molecule has 2 atom stereocenters. The molecule has 0 aromatic carbocycles. The van der Waals surface area contributed by atoms with Crippen LogP contribution in [0.5, 0.6) is 0 Å². The molecule has 1 aliphatic heterocycles. The second-order valence-electron chi connectivity index (χ2n) is 5.71. The van der Waals surface area contributed by atoms with Crippen LogP contribution in [-0.4, -0.2) is 40.6 Å². The lowest BCUT2D eigenvalue weighted by Gasteiger charge is -2.44. The molecule has 2 aliphatic rings. The maximum atomic E-state index is 6.55. The maximum absolute atomic E-state index is 6.55. The zero-order valence-corrected chi connectivity index (χ0v) is 11.6. The molecule has 0 spiro atoms. The van der Waals surface area contributed by atoms with Crippen molar-refractivity contribution >= 4 is 11.8 Å². The highest BCUT2D eigenvalue weighted by Crippen LogP contribution is 2.30. The molecule has 1 heterocycles. The normalized spacial score (nSPS) is 36.2. The number of rotatable bonds is 2. The average molecular weight is 242 g/mol. The molecule has 2 rings (SSSR count). The van der Waals surface area contributed by atoms with E-state index >= 15 is 0 Å². The van der Waals surface area contributed by atoms with E-state index in [0.29, 0.717) is 6.04 Å². The van der Waals surface area contributed by atoms with Crippen molar-refractivity contribution in [1.29, 1.82) is 0 Å². The van der Waals surface area contributed by atoms with Gasteiger partial charge >= 0.3 is 0 Å². The Labute approximate surface area is 104 Å². The Morgan fingerprint density at radius 2 is 1.94 bits per heavy atom. The van der Waals surface area contributed by atoms with Gasteiger partial charge in [-0.25, -0.2) is 0 Å². The Morgan fingerprint density at radius 1 is 1.25 bits per heavy atom. The third kappa shape index (κ3) is 2.93. The summed E-state index contributed by atoms with van der Waals surface area (Å²) in [6.45, 7) is 7.07. The minimum absolute atomic E-state index is 0.119. The summed E-state index contributed by atoms with van der Waals surface area (Å²) in [6, 6.07) is 0.695. The first-order chi connectivity index (χ1) is 7.61. The van der Waals surface area contributed by atoms with Crippen LogP contribution >= 0.6 is 11.8 Å². The Hall–Kier alpha value is 0.270. The van der Waals surface area contributed by atoms with Crippen molar-refractivity contribution in [2.45, 2.75) is 62.8 Å². The zero-order chi connectivity index (χ0) is 11.6. The molecule has 0 bridgehead atoms. The second kappa shape index (κ2) is 5.28. The van der Waals surface area contributed by atoms with E-state index in [9.17, 15) is 0 Å². The molecule has 94 valence electrons. The number of nitrogens with two attached hydrogens (primary N) is 1. The van der Waals surface area contributed by atoms with E-state index in [1.807, 2.05) is 0 Å². The molecular weight excluding hydrogens is 216 g/mol. The van der Waals surface area contributed by atoms with E-state index in [4.69, 9.17) is 5.73 Å². The Balaban J connectivity index is 1.92. The predicted octanol–water partition coefficient (Wildman–Crippen LogP) is 2.47. The van der Waals surface area contributed by atoms with Crippen LogP contribution in [0.4, 0.5) is 0 Å². The van der Waals surface area contributed by atoms with Gasteiger partial charge in [-0.3, -0.25) is 4.90 Å². The van der Waals surface area contributed by atoms with E-state index in [1.165, 1.54) is 44.4 Å². The summed E-state index contributed by atoms with van der Waals surface area (Å²) in [5.74, 6) is 1.28. The molecule has 1 saturated heterocycles. The van der Waals surface area contributed by atoms with Gasteiger partial charge in [0.2, 0.25) is 0 Å². The molecule has 2 N–H and O–H groups in total. The molecule has 3 heteroatoms. The average Bonchev–Trinajstić information content (AvgIpc) is 2.26. The fourth-order valence-corrected chi connectivity index (χ4v) is 4.20. The van der Waals surface area contributed by atoms with Gasteiger partial charge in [-0.2, -0.15) is 11.8 Å². The first-order valence-corrected chi connectivity index (χ1v) is 7.80. The van der Waals surface area contributed by atoms with Gasteiger partial charge < -0.3 is 5.73 Å². The molecule has 0 radical (unpaired) electrons. The van der Waals surface area contributed by atoms with Gasteiger partial charge in [0.15, 0.2) is 0 Å². The monoisotopic (exact) mass is 242 g/mol. The smallest absolute Gasteiger partial charge is 0.0283 e. The molecule has 16 heavy (non-hydrogen) atoms. The molecule has 1 aliphatic carbocycles. The highest BCUT2D eigenvalue weighted by atomic mass is 32.2. The maximum Gasteiger partial charge on any atom is 0.0283 e. The summed E-state index contributed by atoms with van der Waals surface area (Å²) < 4.78 is 0. The SMILES string of the molecule is CC1SCCN(CC2(N)CCCCC2)C1C. The molecule has 2 unspecified atom stereocenters. The largest absolute Gasteiger partial charge is 0.324 e. The van der Waals surface area contributed by atoms with Crippen molar-refractivity contribution in [3.8, 4) is 0 Å². The number of thioether (sulfide) groups is 1. The topological polar surface area (TPSA) is 29.3 Å². The van der Waals surface area contributed by atoms with Crippen molar-refractivity contribution in [2.24, 2.45) is 5.73 Å². The molecule has 0 aromatic heterocycles. The second-order valence-corrected chi connectivity index (χ2v) is 7.20. The van der Waals surface area contributed by atoms with Gasteiger partial charge in [0, 0.05) is 35.7 Å². The number of hydrogen-bond donors (Lipinski definition) is 1. The Kier molecular flexibility index (Phi) is 4.20. The van der Waals surface area contributed by atoms with E-state index in [2.05, 4.69) is 30.5 Å². The van der Waals surface area contributed by atoms with Crippen LogP contribution < -0.4 is 5.73 Å². The molecule has 2 fully saturated rings. The Bertz CT molecular complexity index is 226. The van der Waals surface area contributed by atoms with Gasteiger partial charge in [0.1, 0.15) is 0 Å².